The molecule has 3 aromatic rings. The van der Waals surface area contributed by atoms with Crippen molar-refractivity contribution in [2.24, 2.45) is 5.92 Å². The number of benzene rings is 1. The van der Waals surface area contributed by atoms with Crippen LogP contribution in [0.4, 0.5) is 11.5 Å². The van der Waals surface area contributed by atoms with Crippen molar-refractivity contribution in [2.45, 2.75) is 19.8 Å². The molecule has 0 radical (unpaired) electrons. The van der Waals surface area contributed by atoms with E-state index in [1.54, 1.807) is 11.0 Å². The first-order valence-corrected chi connectivity index (χ1v) is 9.88. The van der Waals surface area contributed by atoms with Gasteiger partial charge in [-0.25, -0.2) is 19.6 Å². The van der Waals surface area contributed by atoms with E-state index >= 15 is 0 Å². The Morgan fingerprint density at radius 3 is 2.86 bits per heavy atom. The molecular formula is C19H20BrN7O. The van der Waals surface area contributed by atoms with Gasteiger partial charge in [-0.3, -0.25) is 4.79 Å². The van der Waals surface area contributed by atoms with Crippen LogP contribution >= 0.6 is 15.9 Å². The van der Waals surface area contributed by atoms with Crippen molar-refractivity contribution in [3.8, 4) is 5.82 Å². The summed E-state index contributed by atoms with van der Waals surface area (Å²) in [7, 11) is 0. The standard InChI is InChI=1S/C19H20BrN7O/c1-13-4-5-16(15(20)7-13)25-19(28)14-3-2-6-26(9-14)17-8-18(23-11-22-17)27-12-21-10-24-27/h4-5,7-8,10-12,14H,2-3,6,9H2,1H3,(H,25,28). The van der Waals surface area contributed by atoms with Crippen LogP contribution in [0.25, 0.3) is 5.82 Å². The molecule has 1 N–H and O–H groups in total. The van der Waals surface area contributed by atoms with Crippen LogP contribution in [0.3, 0.4) is 0 Å². The van der Waals surface area contributed by atoms with E-state index in [4.69, 9.17) is 0 Å². The number of hydrogen-bond donors (Lipinski definition) is 1. The largest absolute Gasteiger partial charge is 0.356 e. The zero-order valence-electron chi connectivity index (χ0n) is 15.4. The third-order valence-electron chi connectivity index (χ3n) is 4.79. The number of amides is 1. The van der Waals surface area contributed by atoms with E-state index in [2.05, 4.69) is 46.2 Å². The number of halogens is 1. The summed E-state index contributed by atoms with van der Waals surface area (Å²) in [5.74, 6) is 1.36. The molecule has 0 aliphatic carbocycles. The van der Waals surface area contributed by atoms with Crippen molar-refractivity contribution < 1.29 is 4.79 Å². The third kappa shape index (κ3) is 4.04. The molecule has 1 aromatic carbocycles. The van der Waals surface area contributed by atoms with Gasteiger partial charge in [0.25, 0.3) is 0 Å². The molecule has 2 aromatic heterocycles. The van der Waals surface area contributed by atoms with Crippen LogP contribution in [0.2, 0.25) is 0 Å². The first-order valence-electron chi connectivity index (χ1n) is 9.09. The number of aryl methyl sites for hydroxylation is 1. The van der Waals surface area contributed by atoms with E-state index in [0.717, 1.165) is 40.9 Å². The van der Waals surface area contributed by atoms with Gasteiger partial charge in [0.15, 0.2) is 5.82 Å². The van der Waals surface area contributed by atoms with Crippen LogP contribution in [-0.4, -0.2) is 43.7 Å². The lowest BCUT2D eigenvalue weighted by atomic mass is 9.97. The minimum Gasteiger partial charge on any atom is -0.356 e. The molecule has 1 saturated heterocycles. The number of rotatable bonds is 4. The number of aromatic nitrogens is 5. The molecule has 1 aliphatic rings. The van der Waals surface area contributed by atoms with E-state index in [0.29, 0.717) is 12.4 Å². The summed E-state index contributed by atoms with van der Waals surface area (Å²) in [5, 5.41) is 7.15. The summed E-state index contributed by atoms with van der Waals surface area (Å²) in [4.78, 5) is 27.5. The minimum absolute atomic E-state index is 0.0276. The van der Waals surface area contributed by atoms with Crippen LogP contribution in [0.5, 0.6) is 0 Å². The molecular weight excluding hydrogens is 422 g/mol. The molecule has 4 rings (SSSR count). The molecule has 1 atom stereocenters. The molecule has 8 nitrogen and oxygen atoms in total. The molecule has 28 heavy (non-hydrogen) atoms. The fourth-order valence-corrected chi connectivity index (χ4v) is 3.91. The predicted molar refractivity (Wildman–Crippen MR) is 109 cm³/mol. The molecule has 0 spiro atoms. The van der Waals surface area contributed by atoms with Gasteiger partial charge in [0.05, 0.1) is 11.6 Å². The lowest BCUT2D eigenvalue weighted by Crippen LogP contribution is -2.41. The van der Waals surface area contributed by atoms with Crippen molar-refractivity contribution in [1.82, 2.24) is 24.7 Å². The monoisotopic (exact) mass is 441 g/mol. The first-order chi connectivity index (χ1) is 13.6. The molecule has 3 heterocycles. The molecule has 0 saturated carbocycles. The highest BCUT2D eigenvalue weighted by Crippen LogP contribution is 2.27. The van der Waals surface area contributed by atoms with Gasteiger partial charge in [0.2, 0.25) is 5.91 Å². The molecule has 1 amide bonds. The fraction of sp³-hybridized carbons (Fsp3) is 0.316. The maximum atomic E-state index is 12.8. The molecule has 0 bridgehead atoms. The van der Waals surface area contributed by atoms with Crippen LogP contribution in [-0.2, 0) is 4.79 Å². The lowest BCUT2D eigenvalue weighted by Gasteiger charge is -2.33. The Bertz CT molecular complexity index is 976. The number of hydrogen-bond acceptors (Lipinski definition) is 6. The summed E-state index contributed by atoms with van der Waals surface area (Å²) >= 11 is 3.52. The maximum absolute atomic E-state index is 12.8. The van der Waals surface area contributed by atoms with Gasteiger partial charge in [0.1, 0.15) is 24.8 Å². The van der Waals surface area contributed by atoms with E-state index in [1.165, 1.54) is 12.7 Å². The first kappa shape index (κ1) is 18.5. The Hall–Kier alpha value is -2.81. The van der Waals surface area contributed by atoms with Crippen molar-refractivity contribution in [3.63, 3.8) is 0 Å². The second-order valence-corrected chi connectivity index (χ2v) is 7.69. The average molecular weight is 442 g/mol. The Morgan fingerprint density at radius 1 is 1.21 bits per heavy atom. The average Bonchev–Trinajstić information content (AvgIpc) is 3.25. The molecule has 144 valence electrons. The van der Waals surface area contributed by atoms with E-state index in [-0.39, 0.29) is 11.8 Å². The van der Waals surface area contributed by atoms with Crippen molar-refractivity contribution >= 4 is 33.3 Å². The Labute approximate surface area is 171 Å². The second-order valence-electron chi connectivity index (χ2n) is 6.83. The predicted octanol–water partition coefficient (Wildman–Crippen LogP) is 2.98. The van der Waals surface area contributed by atoms with Gasteiger partial charge < -0.3 is 10.2 Å². The summed E-state index contributed by atoms with van der Waals surface area (Å²) < 4.78 is 2.48. The topological polar surface area (TPSA) is 88.8 Å². The number of nitrogens with zero attached hydrogens (tertiary/aromatic N) is 6. The molecule has 1 fully saturated rings. The van der Waals surface area contributed by atoms with Gasteiger partial charge in [-0.05, 0) is 53.4 Å². The lowest BCUT2D eigenvalue weighted by molar-refractivity contribution is -0.120. The highest BCUT2D eigenvalue weighted by molar-refractivity contribution is 9.10. The SMILES string of the molecule is Cc1ccc(NC(=O)C2CCCN(c3cc(-n4cncn4)ncn3)C2)c(Br)c1. The van der Waals surface area contributed by atoms with E-state index < -0.39 is 0 Å². The number of nitrogens with one attached hydrogen (secondary N) is 1. The zero-order valence-corrected chi connectivity index (χ0v) is 17.0. The summed E-state index contributed by atoms with van der Waals surface area (Å²) in [6.45, 7) is 3.49. The van der Waals surface area contributed by atoms with Gasteiger partial charge in [-0.15, -0.1) is 0 Å². The quantitative estimate of drug-likeness (QED) is 0.669. The van der Waals surface area contributed by atoms with E-state index in [9.17, 15) is 4.79 Å². The van der Waals surface area contributed by atoms with Crippen LogP contribution in [0, 0.1) is 12.8 Å². The van der Waals surface area contributed by atoms with Crippen LogP contribution < -0.4 is 10.2 Å². The van der Waals surface area contributed by atoms with Gasteiger partial charge in [-0.2, -0.15) is 5.10 Å². The van der Waals surface area contributed by atoms with Gasteiger partial charge in [0, 0.05) is 23.6 Å². The molecule has 1 unspecified atom stereocenters. The molecule has 1 aliphatic heterocycles. The van der Waals surface area contributed by atoms with Crippen molar-refractivity contribution in [2.75, 3.05) is 23.3 Å². The highest BCUT2D eigenvalue weighted by Gasteiger charge is 2.27. The number of carbonyl (C=O) groups excluding carboxylic acids is 1. The zero-order chi connectivity index (χ0) is 19.5. The number of anilines is 2. The normalized spacial score (nSPS) is 16.8. The van der Waals surface area contributed by atoms with Crippen LogP contribution in [0.15, 0.2) is 47.7 Å². The van der Waals surface area contributed by atoms with Gasteiger partial charge in [-0.1, -0.05) is 6.07 Å². The second kappa shape index (κ2) is 8.05. The van der Waals surface area contributed by atoms with Crippen molar-refractivity contribution in [3.05, 3.63) is 53.3 Å². The number of piperidine rings is 1. The Balaban J connectivity index is 1.47. The Kier molecular flexibility index (Phi) is 5.34. The maximum Gasteiger partial charge on any atom is 0.229 e. The van der Waals surface area contributed by atoms with Crippen molar-refractivity contribution in [1.29, 1.82) is 0 Å². The minimum atomic E-state index is -0.105. The smallest absolute Gasteiger partial charge is 0.229 e. The number of carbonyl (C=O) groups is 1. The van der Waals surface area contributed by atoms with E-state index in [1.807, 2.05) is 31.2 Å². The third-order valence-corrected chi connectivity index (χ3v) is 5.45. The summed E-state index contributed by atoms with van der Waals surface area (Å²) in [6, 6.07) is 7.77. The molecule has 9 heteroatoms. The highest BCUT2D eigenvalue weighted by atomic mass is 79.9. The van der Waals surface area contributed by atoms with Gasteiger partial charge >= 0.3 is 0 Å². The summed E-state index contributed by atoms with van der Waals surface area (Å²) in [5.41, 5.74) is 1.93. The Morgan fingerprint density at radius 2 is 2.07 bits per heavy atom. The fourth-order valence-electron chi connectivity index (χ4n) is 3.32. The summed E-state index contributed by atoms with van der Waals surface area (Å²) in [6.07, 6.45) is 6.35. The van der Waals surface area contributed by atoms with Crippen LogP contribution in [0.1, 0.15) is 18.4 Å².